The van der Waals surface area contributed by atoms with E-state index in [2.05, 4.69) is 58.1 Å². The van der Waals surface area contributed by atoms with E-state index in [9.17, 15) is 33.1 Å². The molecule has 2 aromatic carbocycles. The number of halogens is 4. The van der Waals surface area contributed by atoms with Gasteiger partial charge in [-0.1, -0.05) is 86.3 Å². The van der Waals surface area contributed by atoms with Crippen molar-refractivity contribution in [1.29, 1.82) is 0 Å². The summed E-state index contributed by atoms with van der Waals surface area (Å²) in [6.45, 7) is 16.9. The van der Waals surface area contributed by atoms with E-state index >= 15 is 8.78 Å². The Labute approximate surface area is 458 Å². The quantitative estimate of drug-likeness (QED) is 0.0430. The molecule has 4 aromatic rings. The molecule has 4 saturated heterocycles. The first kappa shape index (κ1) is 59.9. The highest BCUT2D eigenvalue weighted by Crippen LogP contribution is 2.37. The third kappa shape index (κ3) is 15.4. The lowest BCUT2D eigenvalue weighted by molar-refractivity contribution is -0.142. The SMILES string of the molecule is COC(=O)N[C@H](C(=O)NN(Cc1c(F)cc(-c2ccn(CC(F)F)n2)cc1F)C[C@H](O)[C@H](Cc1ccc(C#Cc2cnc(N3CC4CC(C3)N4C3COC3)nc2)cc1)NC(=O)[C@@H](NC(=O)[C@@H](N)C(C)(C)C)C(C)(C)C)C(C)(C)C. The summed E-state index contributed by atoms with van der Waals surface area (Å²) in [7, 11) is 1.12. The van der Waals surface area contributed by atoms with Crippen molar-refractivity contribution in [2.24, 2.45) is 22.0 Å². The highest BCUT2D eigenvalue weighted by Gasteiger charge is 2.50. The molecule has 7 atom stereocenters. The summed E-state index contributed by atoms with van der Waals surface area (Å²) in [5.41, 5.74) is 7.69. The number of amides is 4. The predicted molar refractivity (Wildman–Crippen MR) is 287 cm³/mol. The molecule has 7 N–H and O–H groups in total. The Balaban J connectivity index is 1.15. The molecule has 4 amide bonds. The number of piperazine rings is 1. The maximum atomic E-state index is 16.2. The van der Waals surface area contributed by atoms with Gasteiger partial charge in [-0.2, -0.15) is 5.10 Å². The normalized spacial score (nSPS) is 18.7. The molecule has 79 heavy (non-hydrogen) atoms. The molecular formula is C56H74F4N12O7. The summed E-state index contributed by atoms with van der Waals surface area (Å²) < 4.78 is 69.7. The van der Waals surface area contributed by atoms with Crippen LogP contribution in [0.4, 0.5) is 28.3 Å². The lowest BCUT2D eigenvalue weighted by Crippen LogP contribution is -2.74. The summed E-state index contributed by atoms with van der Waals surface area (Å²) in [5, 5.41) is 25.6. The number of aromatic nitrogens is 4. The van der Waals surface area contributed by atoms with Crippen LogP contribution in [0.25, 0.3) is 11.3 Å². The first-order chi connectivity index (χ1) is 37.1. The van der Waals surface area contributed by atoms with Crippen LogP contribution in [-0.2, 0) is 43.4 Å². The number of carbonyl (C=O) groups is 4. The number of nitrogens with one attached hydrogen (secondary N) is 4. The third-order valence-corrected chi connectivity index (χ3v) is 14.4. The Morgan fingerprint density at radius 3 is 1.96 bits per heavy atom. The number of alkyl carbamates (subject to hydrolysis) is 1. The van der Waals surface area contributed by atoms with E-state index in [-0.39, 0.29) is 17.7 Å². The van der Waals surface area contributed by atoms with Crippen LogP contribution >= 0.6 is 0 Å². The number of piperidine rings is 1. The Morgan fingerprint density at radius 2 is 1.42 bits per heavy atom. The molecule has 0 saturated carbocycles. The maximum Gasteiger partial charge on any atom is 0.407 e. The molecule has 0 radical (unpaired) electrons. The summed E-state index contributed by atoms with van der Waals surface area (Å²) in [5.74, 6) is 2.61. The largest absolute Gasteiger partial charge is 0.453 e. The second kappa shape index (κ2) is 24.8. The standard InChI is InChI=1S/C56H74F4N12O7/c1-54(2,3)46(61)49(74)65-47(55(4,5)6)50(75)64-43(19-33-14-11-32(12-15-33)13-16-34-23-62-52(63-24-34)69-25-36-22-37(26-69)72(36)38-30-79-31-38)44(73)28-71(68-51(76)48(56(7,8)9)66-53(77)78-10)27-39-40(57)20-35(21-41(39)58)42-17-18-70(67-42)29-45(59)60/h11-12,14-15,17-18,20-21,23-24,36-38,43-48,73H,19,22,25-31,61H2,1-10H3,(H,64,75)(H,65,74)(H,66,77)(H,68,76)/t36?,37?,43-,44-,46+,47+,48+/m0/s1. The second-order valence-electron chi connectivity index (χ2n) is 23.9. The first-order valence-electron chi connectivity index (χ1n) is 26.3. The maximum absolute atomic E-state index is 16.2. The monoisotopic (exact) mass is 1100 g/mol. The molecule has 2 aromatic heterocycles. The molecule has 4 aliphatic rings. The van der Waals surface area contributed by atoms with Gasteiger partial charge in [-0.05, 0) is 65.0 Å². The van der Waals surface area contributed by atoms with Crippen molar-refractivity contribution >= 4 is 29.8 Å². The van der Waals surface area contributed by atoms with E-state index in [1.165, 1.54) is 18.7 Å². The lowest BCUT2D eigenvalue weighted by Gasteiger charge is -2.60. The molecule has 4 fully saturated rings. The number of rotatable bonds is 19. The number of methoxy groups -OCH3 is 1. The number of benzene rings is 2. The first-order valence-corrected chi connectivity index (χ1v) is 26.3. The minimum absolute atomic E-state index is 0.0206. The number of carbonyl (C=O) groups excluding carboxylic acids is 4. The van der Waals surface area contributed by atoms with Gasteiger partial charge in [-0.3, -0.25) is 29.4 Å². The van der Waals surface area contributed by atoms with Gasteiger partial charge in [0.15, 0.2) is 0 Å². The van der Waals surface area contributed by atoms with Gasteiger partial charge in [0.05, 0.1) is 55.8 Å². The fraction of sp³-hybridized carbons (Fsp3) is 0.554. The molecule has 2 bridgehead atoms. The van der Waals surface area contributed by atoms with Crippen molar-refractivity contribution in [2.45, 2.75) is 143 Å². The van der Waals surface area contributed by atoms with Gasteiger partial charge in [0, 0.05) is 73.5 Å². The zero-order chi connectivity index (χ0) is 57.7. The molecule has 0 spiro atoms. The molecule has 0 aliphatic carbocycles. The van der Waals surface area contributed by atoms with E-state index in [1.54, 1.807) is 99.0 Å². The average molecular weight is 1100 g/mol. The fourth-order valence-corrected chi connectivity index (χ4v) is 9.74. The van der Waals surface area contributed by atoms with Crippen molar-refractivity contribution < 1.29 is 51.3 Å². The number of anilines is 1. The topological polar surface area (TPSA) is 234 Å². The highest BCUT2D eigenvalue weighted by atomic mass is 19.3. The third-order valence-electron chi connectivity index (χ3n) is 14.4. The van der Waals surface area contributed by atoms with Crippen LogP contribution in [0.3, 0.4) is 0 Å². The smallest absolute Gasteiger partial charge is 0.407 e. The number of nitrogens with two attached hydrogens (primary N) is 1. The van der Waals surface area contributed by atoms with Crippen LogP contribution in [0.1, 0.15) is 91.0 Å². The minimum atomic E-state index is -2.72. The number of hydrogen-bond donors (Lipinski definition) is 6. The van der Waals surface area contributed by atoms with Crippen molar-refractivity contribution in [2.75, 3.05) is 44.9 Å². The average Bonchev–Trinajstić information content (AvgIpc) is 4.01. The van der Waals surface area contributed by atoms with Crippen LogP contribution in [0, 0.1) is 39.7 Å². The number of hydrazine groups is 1. The molecule has 8 rings (SSSR count). The number of alkyl halides is 2. The molecule has 2 unspecified atom stereocenters. The zero-order valence-electron chi connectivity index (χ0n) is 46.5. The van der Waals surface area contributed by atoms with Gasteiger partial charge in [0.1, 0.15) is 30.3 Å². The number of ether oxygens (including phenoxy) is 2. The molecule has 19 nitrogen and oxygen atoms in total. The van der Waals surface area contributed by atoms with Gasteiger partial charge < -0.3 is 41.2 Å². The molecule has 23 heteroatoms. The number of aliphatic hydroxyl groups excluding tert-OH is 1. The van der Waals surface area contributed by atoms with Crippen LogP contribution in [0.5, 0.6) is 0 Å². The summed E-state index contributed by atoms with van der Waals surface area (Å²) in [6.07, 6.45) is 0.477. The summed E-state index contributed by atoms with van der Waals surface area (Å²) in [4.78, 5) is 68.8. The van der Waals surface area contributed by atoms with Crippen molar-refractivity contribution in [1.82, 2.24) is 51.0 Å². The number of hydrogen-bond acceptors (Lipinski definition) is 14. The lowest BCUT2D eigenvalue weighted by atomic mass is 9.83. The Morgan fingerprint density at radius 1 is 0.823 bits per heavy atom. The van der Waals surface area contributed by atoms with E-state index in [0.717, 1.165) is 55.2 Å². The Bertz CT molecular complexity index is 2820. The van der Waals surface area contributed by atoms with Gasteiger partial charge >= 0.3 is 6.09 Å². The van der Waals surface area contributed by atoms with Crippen molar-refractivity contribution in [3.8, 4) is 23.1 Å². The molecule has 6 heterocycles. The highest BCUT2D eigenvalue weighted by molar-refractivity contribution is 5.91. The second-order valence-corrected chi connectivity index (χ2v) is 23.9. The van der Waals surface area contributed by atoms with Crippen LogP contribution < -0.4 is 32.0 Å². The van der Waals surface area contributed by atoms with Gasteiger partial charge in [0.25, 0.3) is 12.3 Å². The number of nitrogens with zero attached hydrogens (tertiary/aromatic N) is 7. The zero-order valence-corrected chi connectivity index (χ0v) is 46.5. The van der Waals surface area contributed by atoms with Crippen molar-refractivity contribution in [3.63, 3.8) is 0 Å². The van der Waals surface area contributed by atoms with Crippen LogP contribution in [0.15, 0.2) is 61.1 Å². The van der Waals surface area contributed by atoms with E-state index < -0.39 is 114 Å². The Kier molecular flexibility index (Phi) is 18.8. The van der Waals surface area contributed by atoms with Gasteiger partial charge in [-0.25, -0.2) is 37.3 Å². The molecule has 428 valence electrons. The molecular weight excluding hydrogens is 1030 g/mol. The van der Waals surface area contributed by atoms with Gasteiger partial charge in [0.2, 0.25) is 17.8 Å². The summed E-state index contributed by atoms with van der Waals surface area (Å²) in [6, 6.07) is 7.07. The fourth-order valence-electron chi connectivity index (χ4n) is 9.74. The van der Waals surface area contributed by atoms with Crippen molar-refractivity contribution in [3.05, 3.63) is 94.9 Å². The van der Waals surface area contributed by atoms with Crippen LogP contribution in [0.2, 0.25) is 0 Å². The number of fused-ring (bicyclic) bond motifs is 2. The summed E-state index contributed by atoms with van der Waals surface area (Å²) >= 11 is 0. The Hall–Kier alpha value is -6.71. The number of aliphatic hydroxyl groups is 1. The van der Waals surface area contributed by atoms with E-state index in [0.29, 0.717) is 40.8 Å². The predicted octanol–water partition coefficient (Wildman–Crippen LogP) is 4.54. The van der Waals surface area contributed by atoms with E-state index in [4.69, 9.17) is 15.2 Å². The minimum Gasteiger partial charge on any atom is -0.453 e. The van der Waals surface area contributed by atoms with Gasteiger partial charge in [-0.15, -0.1) is 0 Å². The van der Waals surface area contributed by atoms with E-state index in [1.807, 2.05) is 0 Å². The molecule has 4 aliphatic heterocycles. The van der Waals surface area contributed by atoms with Crippen LogP contribution in [-0.4, -0.2) is 153 Å².